The Labute approximate surface area is 264 Å². The van der Waals surface area contributed by atoms with Crippen molar-refractivity contribution in [2.75, 3.05) is 0 Å². The highest BCUT2D eigenvalue weighted by molar-refractivity contribution is 6.71. The van der Waals surface area contributed by atoms with Crippen LogP contribution in [0.3, 0.4) is 0 Å². The molecule has 2 nitrogen and oxygen atoms in total. The number of aryl methyl sites for hydroxylation is 1. The molecule has 0 aromatic heterocycles. The van der Waals surface area contributed by atoms with Gasteiger partial charge in [-0.3, -0.25) is 0 Å². The zero-order valence-electron chi connectivity index (χ0n) is 27.8. The van der Waals surface area contributed by atoms with Crippen LogP contribution in [0, 0.1) is 5.92 Å². The molecule has 0 bridgehead atoms. The van der Waals surface area contributed by atoms with Crippen LogP contribution in [0.15, 0.2) is 96.6 Å². The summed E-state index contributed by atoms with van der Waals surface area (Å²) in [6.45, 7) is 20.7. The minimum atomic E-state index is -2.14. The van der Waals surface area contributed by atoms with Crippen LogP contribution in [0.1, 0.15) is 81.0 Å². The molecule has 0 N–H and O–H groups in total. The second-order valence-electron chi connectivity index (χ2n) is 14.0. The average molecular weight is 611 g/mol. The summed E-state index contributed by atoms with van der Waals surface area (Å²) in [4.78, 5) is 0. The van der Waals surface area contributed by atoms with Gasteiger partial charge in [-0.25, -0.2) is 0 Å². The Morgan fingerprint density at radius 1 is 0.791 bits per heavy atom. The van der Waals surface area contributed by atoms with Crippen molar-refractivity contribution in [2.45, 2.75) is 103 Å². The van der Waals surface area contributed by atoms with Crippen molar-refractivity contribution < 1.29 is 8.85 Å². The fourth-order valence-electron chi connectivity index (χ4n) is 6.62. The van der Waals surface area contributed by atoms with Gasteiger partial charge in [0.15, 0.2) is 0 Å². The zero-order chi connectivity index (χ0) is 31.0. The first-order valence-electron chi connectivity index (χ1n) is 16.4. The molecule has 0 radical (unpaired) electrons. The summed E-state index contributed by atoms with van der Waals surface area (Å²) in [7, 11) is -4.27. The molecule has 0 saturated heterocycles. The van der Waals surface area contributed by atoms with Crippen molar-refractivity contribution >= 4 is 16.6 Å². The van der Waals surface area contributed by atoms with E-state index in [-0.39, 0.29) is 5.92 Å². The van der Waals surface area contributed by atoms with Gasteiger partial charge >= 0.3 is 0 Å². The lowest BCUT2D eigenvalue weighted by molar-refractivity contribution is 0.445. The summed E-state index contributed by atoms with van der Waals surface area (Å²) in [6, 6.07) is 28.4. The molecule has 0 saturated carbocycles. The van der Waals surface area contributed by atoms with Gasteiger partial charge in [0.2, 0.25) is 16.6 Å². The molecular weight excluding hydrogens is 557 g/mol. The van der Waals surface area contributed by atoms with Crippen molar-refractivity contribution in [1.82, 2.24) is 0 Å². The van der Waals surface area contributed by atoms with E-state index in [4.69, 9.17) is 8.85 Å². The predicted octanol–water partition coefficient (Wildman–Crippen LogP) is 11.2. The summed E-state index contributed by atoms with van der Waals surface area (Å²) < 4.78 is 14.6. The van der Waals surface area contributed by atoms with E-state index < -0.39 is 16.6 Å². The number of rotatable bonds is 14. The molecule has 43 heavy (non-hydrogen) atoms. The molecule has 1 aliphatic rings. The normalized spacial score (nSPS) is 17.3. The minimum Gasteiger partial charge on any atom is -0.543 e. The molecule has 2 atom stereocenters. The van der Waals surface area contributed by atoms with Crippen molar-refractivity contribution in [3.63, 3.8) is 0 Å². The number of unbranched alkanes of at least 4 members (excludes halogenated alkanes) is 2. The lowest BCUT2D eigenvalue weighted by Crippen LogP contribution is -2.39. The lowest BCUT2D eigenvalue weighted by Gasteiger charge is -2.36. The summed E-state index contributed by atoms with van der Waals surface area (Å²) in [6.07, 6.45) is 9.41. The fourth-order valence-corrected chi connectivity index (χ4v) is 10.7. The van der Waals surface area contributed by atoms with E-state index >= 15 is 0 Å². The van der Waals surface area contributed by atoms with E-state index in [1.165, 1.54) is 52.7 Å². The van der Waals surface area contributed by atoms with Crippen LogP contribution in [0.5, 0.6) is 11.5 Å². The summed E-state index contributed by atoms with van der Waals surface area (Å²) in [5.41, 5.74) is 7.97. The second kappa shape index (κ2) is 14.8. The molecule has 3 aromatic rings. The largest absolute Gasteiger partial charge is 0.543 e. The zero-order valence-corrected chi connectivity index (χ0v) is 29.8. The van der Waals surface area contributed by atoms with E-state index in [2.05, 4.69) is 132 Å². The SMILES string of the molecule is C=C(C)[C@H]1CCC(C)=C[C@@H]1c1c(O[Si](C)(C)Cc2ccccc2)cc(CCCCC)cc1O[Si](C)(C)Cc1ccccc1. The molecule has 1 aliphatic carbocycles. The maximum Gasteiger partial charge on any atom is 0.249 e. The molecule has 0 unspecified atom stereocenters. The Morgan fingerprint density at radius 2 is 1.30 bits per heavy atom. The van der Waals surface area contributed by atoms with Gasteiger partial charge in [0, 0.05) is 23.6 Å². The van der Waals surface area contributed by atoms with Gasteiger partial charge in [0.25, 0.3) is 0 Å². The van der Waals surface area contributed by atoms with Gasteiger partial charge in [-0.1, -0.05) is 104 Å². The number of benzene rings is 3. The first-order chi connectivity index (χ1) is 20.5. The molecule has 4 rings (SSSR count). The number of hydrogen-bond donors (Lipinski definition) is 0. The Kier molecular flexibility index (Phi) is 11.4. The quantitative estimate of drug-likeness (QED) is 0.103. The van der Waals surface area contributed by atoms with Gasteiger partial charge in [-0.15, -0.1) is 0 Å². The third-order valence-electron chi connectivity index (χ3n) is 8.66. The fraction of sp³-hybridized carbons (Fsp3) is 0.436. The van der Waals surface area contributed by atoms with E-state index in [1.54, 1.807) is 0 Å². The maximum absolute atomic E-state index is 7.29. The molecule has 3 aromatic carbocycles. The lowest BCUT2D eigenvalue weighted by atomic mass is 9.73. The third kappa shape index (κ3) is 9.58. The van der Waals surface area contributed by atoms with Crippen LogP contribution in [-0.2, 0) is 18.5 Å². The maximum atomic E-state index is 7.29. The molecule has 4 heteroatoms. The number of hydrogen-bond acceptors (Lipinski definition) is 2. The van der Waals surface area contributed by atoms with Gasteiger partial charge in [0.1, 0.15) is 11.5 Å². The molecule has 0 heterocycles. The Morgan fingerprint density at radius 3 is 1.77 bits per heavy atom. The van der Waals surface area contributed by atoms with Crippen LogP contribution in [0.2, 0.25) is 26.2 Å². The van der Waals surface area contributed by atoms with E-state index in [0.29, 0.717) is 5.92 Å². The monoisotopic (exact) mass is 610 g/mol. The first kappa shape index (κ1) is 33.1. The second-order valence-corrected chi connectivity index (χ2v) is 22.2. The molecule has 0 fully saturated rings. The van der Waals surface area contributed by atoms with Gasteiger partial charge in [0.05, 0.1) is 0 Å². The third-order valence-corrected chi connectivity index (χ3v) is 12.7. The molecular formula is C39H54O2Si2. The smallest absolute Gasteiger partial charge is 0.249 e. The van der Waals surface area contributed by atoms with Crippen molar-refractivity contribution in [3.05, 3.63) is 119 Å². The molecule has 230 valence electrons. The van der Waals surface area contributed by atoms with Crippen LogP contribution >= 0.6 is 0 Å². The summed E-state index contributed by atoms with van der Waals surface area (Å²) in [5.74, 6) is 2.66. The van der Waals surface area contributed by atoms with Crippen molar-refractivity contribution in [1.29, 1.82) is 0 Å². The van der Waals surface area contributed by atoms with Crippen LogP contribution in [0.4, 0.5) is 0 Å². The predicted molar refractivity (Wildman–Crippen MR) is 190 cm³/mol. The topological polar surface area (TPSA) is 18.5 Å². The summed E-state index contributed by atoms with van der Waals surface area (Å²) in [5, 5.41) is 0. The number of allylic oxidation sites excluding steroid dienone is 3. The van der Waals surface area contributed by atoms with E-state index in [1.807, 2.05) is 0 Å². The van der Waals surface area contributed by atoms with Crippen LogP contribution in [-0.4, -0.2) is 16.6 Å². The van der Waals surface area contributed by atoms with Crippen LogP contribution in [0.25, 0.3) is 0 Å². The molecule has 0 amide bonds. The highest BCUT2D eigenvalue weighted by Crippen LogP contribution is 2.48. The standard InChI is InChI=1S/C39H54O2Si2/c1-9-10-13-22-34-26-37(40-42(5,6)28-32-18-14-11-15-19-32)39(36-25-31(4)23-24-35(36)30(2)3)38(27-34)41-43(7,8)29-33-20-16-12-17-21-33/h11-12,14-21,25-27,35-36H,2,9-10,13,22-24,28-29H2,1,3-8H3/t35-,36+/m1/s1. The Hall–Kier alpha value is -2.83. The van der Waals surface area contributed by atoms with Gasteiger partial charge in [-0.05, 0) is 100 Å². The molecule has 0 aliphatic heterocycles. The Balaban J connectivity index is 1.84. The van der Waals surface area contributed by atoms with Gasteiger partial charge in [-0.2, -0.15) is 0 Å². The average Bonchev–Trinajstić information content (AvgIpc) is 2.93. The van der Waals surface area contributed by atoms with E-state index in [0.717, 1.165) is 42.8 Å². The van der Waals surface area contributed by atoms with Crippen molar-refractivity contribution in [3.8, 4) is 11.5 Å². The van der Waals surface area contributed by atoms with Crippen molar-refractivity contribution in [2.24, 2.45) is 5.92 Å². The first-order valence-corrected chi connectivity index (χ1v) is 22.6. The van der Waals surface area contributed by atoms with E-state index in [9.17, 15) is 0 Å². The highest BCUT2D eigenvalue weighted by atomic mass is 28.4. The van der Waals surface area contributed by atoms with Gasteiger partial charge < -0.3 is 8.85 Å². The summed E-state index contributed by atoms with van der Waals surface area (Å²) >= 11 is 0. The minimum absolute atomic E-state index is 0.198. The molecule has 0 spiro atoms. The Bertz CT molecular complexity index is 1300. The van der Waals surface area contributed by atoms with Crippen LogP contribution < -0.4 is 8.85 Å². The highest BCUT2D eigenvalue weighted by Gasteiger charge is 2.36.